The average Bonchev–Trinajstić information content (AvgIpc) is 2.47. The number of benzene rings is 1. The number of carboxylic acid groups (broad SMARTS) is 1. The maximum absolute atomic E-state index is 12.1. The summed E-state index contributed by atoms with van der Waals surface area (Å²) in [7, 11) is 0. The van der Waals surface area contributed by atoms with E-state index in [1.54, 1.807) is 6.08 Å². The van der Waals surface area contributed by atoms with E-state index in [0.717, 1.165) is 29.7 Å². The SMILES string of the molecule is CCOc1ccc(C2=CC(=O)[C@@H](CCC(=O)O)CC2)cc1. The molecule has 0 spiro atoms. The largest absolute Gasteiger partial charge is 0.494 e. The van der Waals surface area contributed by atoms with Crippen LogP contribution in [-0.4, -0.2) is 23.5 Å². The second kappa shape index (κ2) is 7.07. The third kappa shape index (κ3) is 4.18. The number of carbonyl (C=O) groups excluding carboxylic acids is 1. The van der Waals surface area contributed by atoms with Gasteiger partial charge in [-0.3, -0.25) is 9.59 Å². The smallest absolute Gasteiger partial charge is 0.303 e. The highest BCUT2D eigenvalue weighted by molar-refractivity contribution is 6.00. The molecule has 1 aromatic carbocycles. The van der Waals surface area contributed by atoms with Crippen LogP contribution in [0.5, 0.6) is 5.75 Å². The van der Waals surface area contributed by atoms with E-state index >= 15 is 0 Å². The Labute approximate surface area is 124 Å². The number of ketones is 1. The van der Waals surface area contributed by atoms with Gasteiger partial charge in [-0.1, -0.05) is 12.1 Å². The van der Waals surface area contributed by atoms with Gasteiger partial charge < -0.3 is 9.84 Å². The molecule has 0 heterocycles. The molecule has 4 heteroatoms. The lowest BCUT2D eigenvalue weighted by atomic mass is 9.83. The molecule has 0 bridgehead atoms. The lowest BCUT2D eigenvalue weighted by Gasteiger charge is -2.20. The molecule has 1 aliphatic rings. The van der Waals surface area contributed by atoms with Crippen LogP contribution in [0.15, 0.2) is 30.3 Å². The normalized spacial score (nSPS) is 18.2. The number of carboxylic acids is 1. The van der Waals surface area contributed by atoms with E-state index in [-0.39, 0.29) is 18.1 Å². The highest BCUT2D eigenvalue weighted by Crippen LogP contribution is 2.31. The first-order valence-electron chi connectivity index (χ1n) is 7.29. The van der Waals surface area contributed by atoms with E-state index in [2.05, 4.69) is 0 Å². The molecule has 0 saturated heterocycles. The minimum absolute atomic E-state index is 0.0476. The number of carbonyl (C=O) groups is 2. The molecule has 0 unspecified atom stereocenters. The van der Waals surface area contributed by atoms with Crippen molar-refractivity contribution in [1.29, 1.82) is 0 Å². The Morgan fingerprint density at radius 3 is 2.62 bits per heavy atom. The van der Waals surface area contributed by atoms with Gasteiger partial charge in [0, 0.05) is 12.3 Å². The van der Waals surface area contributed by atoms with Gasteiger partial charge in [0.05, 0.1) is 6.61 Å². The van der Waals surface area contributed by atoms with E-state index < -0.39 is 5.97 Å². The number of allylic oxidation sites excluding steroid dienone is 2. The monoisotopic (exact) mass is 288 g/mol. The molecule has 112 valence electrons. The summed E-state index contributed by atoms with van der Waals surface area (Å²) in [6.45, 7) is 2.57. The molecule has 1 N–H and O–H groups in total. The fourth-order valence-electron chi connectivity index (χ4n) is 2.58. The Kier molecular flexibility index (Phi) is 5.14. The summed E-state index contributed by atoms with van der Waals surface area (Å²) in [6.07, 6.45) is 3.70. The molecular weight excluding hydrogens is 268 g/mol. The van der Waals surface area contributed by atoms with Crippen molar-refractivity contribution in [2.24, 2.45) is 5.92 Å². The first-order valence-corrected chi connectivity index (χ1v) is 7.29. The Bertz CT molecular complexity index is 542. The molecule has 0 amide bonds. The van der Waals surface area contributed by atoms with Gasteiger partial charge in [-0.15, -0.1) is 0 Å². The molecule has 21 heavy (non-hydrogen) atoms. The number of hydrogen-bond donors (Lipinski definition) is 1. The first-order chi connectivity index (χ1) is 10.1. The Morgan fingerprint density at radius 2 is 2.05 bits per heavy atom. The number of rotatable bonds is 6. The van der Waals surface area contributed by atoms with Gasteiger partial charge >= 0.3 is 5.97 Å². The van der Waals surface area contributed by atoms with Crippen LogP contribution in [0.2, 0.25) is 0 Å². The van der Waals surface area contributed by atoms with Gasteiger partial charge in [-0.2, -0.15) is 0 Å². The minimum atomic E-state index is -0.843. The second-order valence-electron chi connectivity index (χ2n) is 5.20. The predicted octanol–water partition coefficient (Wildman–Crippen LogP) is 3.31. The van der Waals surface area contributed by atoms with Crippen LogP contribution in [0.4, 0.5) is 0 Å². The molecule has 0 fully saturated rings. The summed E-state index contributed by atoms with van der Waals surface area (Å²) in [5.74, 6) is -0.119. The summed E-state index contributed by atoms with van der Waals surface area (Å²) < 4.78 is 5.40. The van der Waals surface area contributed by atoms with Crippen molar-refractivity contribution in [3.63, 3.8) is 0 Å². The van der Waals surface area contributed by atoms with E-state index in [4.69, 9.17) is 9.84 Å². The third-order valence-corrected chi connectivity index (χ3v) is 3.72. The summed E-state index contributed by atoms with van der Waals surface area (Å²) in [6, 6.07) is 7.73. The zero-order valence-corrected chi connectivity index (χ0v) is 12.2. The topological polar surface area (TPSA) is 63.6 Å². The van der Waals surface area contributed by atoms with E-state index in [1.807, 2.05) is 31.2 Å². The molecule has 0 aliphatic heterocycles. The van der Waals surface area contributed by atoms with Crippen LogP contribution in [0.25, 0.3) is 5.57 Å². The molecule has 0 aromatic heterocycles. The van der Waals surface area contributed by atoms with Crippen LogP contribution in [0.1, 0.15) is 38.2 Å². The molecule has 2 rings (SSSR count). The Balaban J connectivity index is 2.03. The molecule has 0 saturated carbocycles. The van der Waals surface area contributed by atoms with Crippen LogP contribution in [0, 0.1) is 5.92 Å². The van der Waals surface area contributed by atoms with Gasteiger partial charge in [0.1, 0.15) is 5.75 Å². The predicted molar refractivity (Wildman–Crippen MR) is 80.2 cm³/mol. The summed E-state index contributed by atoms with van der Waals surface area (Å²) in [5, 5.41) is 8.69. The van der Waals surface area contributed by atoms with Crippen LogP contribution in [-0.2, 0) is 9.59 Å². The van der Waals surface area contributed by atoms with E-state index in [0.29, 0.717) is 13.0 Å². The van der Waals surface area contributed by atoms with Gasteiger partial charge in [0.25, 0.3) is 0 Å². The zero-order chi connectivity index (χ0) is 15.2. The minimum Gasteiger partial charge on any atom is -0.494 e. The van der Waals surface area contributed by atoms with Gasteiger partial charge in [-0.05, 0) is 55.5 Å². The summed E-state index contributed by atoms with van der Waals surface area (Å²) in [4.78, 5) is 22.6. The highest BCUT2D eigenvalue weighted by atomic mass is 16.5. The average molecular weight is 288 g/mol. The van der Waals surface area contributed by atoms with E-state index in [1.165, 1.54) is 0 Å². The summed E-state index contributed by atoms with van der Waals surface area (Å²) >= 11 is 0. The van der Waals surface area contributed by atoms with Gasteiger partial charge in [0.2, 0.25) is 0 Å². The molecular formula is C17H20O4. The maximum Gasteiger partial charge on any atom is 0.303 e. The van der Waals surface area contributed by atoms with Crippen molar-refractivity contribution in [3.8, 4) is 5.75 Å². The lowest BCUT2D eigenvalue weighted by Crippen LogP contribution is -2.18. The second-order valence-corrected chi connectivity index (χ2v) is 5.20. The Hall–Kier alpha value is -2.10. The number of aliphatic carboxylic acids is 1. The molecule has 0 radical (unpaired) electrons. The quantitative estimate of drug-likeness (QED) is 0.872. The molecule has 1 aromatic rings. The van der Waals surface area contributed by atoms with Crippen LogP contribution >= 0.6 is 0 Å². The standard InChI is InChI=1S/C17H20O4/c1-2-21-15-8-5-12(6-9-15)14-4-3-13(16(18)11-14)7-10-17(19)20/h5-6,8-9,11,13H,2-4,7,10H2,1H3,(H,19,20)/t13-/m1/s1. The summed E-state index contributed by atoms with van der Waals surface area (Å²) in [5.41, 5.74) is 2.05. The van der Waals surface area contributed by atoms with Gasteiger partial charge in [0.15, 0.2) is 5.78 Å². The van der Waals surface area contributed by atoms with Crippen molar-refractivity contribution in [3.05, 3.63) is 35.9 Å². The zero-order valence-electron chi connectivity index (χ0n) is 12.2. The van der Waals surface area contributed by atoms with Crippen molar-refractivity contribution in [1.82, 2.24) is 0 Å². The van der Waals surface area contributed by atoms with Crippen LogP contribution in [0.3, 0.4) is 0 Å². The fraction of sp³-hybridized carbons (Fsp3) is 0.412. The fourth-order valence-corrected chi connectivity index (χ4v) is 2.58. The molecule has 1 aliphatic carbocycles. The van der Waals surface area contributed by atoms with Crippen molar-refractivity contribution >= 4 is 17.3 Å². The molecule has 4 nitrogen and oxygen atoms in total. The maximum atomic E-state index is 12.1. The first kappa shape index (κ1) is 15.3. The van der Waals surface area contributed by atoms with E-state index in [9.17, 15) is 9.59 Å². The molecule has 1 atom stereocenters. The lowest BCUT2D eigenvalue weighted by molar-refractivity contribution is -0.137. The van der Waals surface area contributed by atoms with Crippen LogP contribution < -0.4 is 4.74 Å². The van der Waals surface area contributed by atoms with Crippen molar-refractivity contribution < 1.29 is 19.4 Å². The highest BCUT2D eigenvalue weighted by Gasteiger charge is 2.23. The van der Waals surface area contributed by atoms with Crippen molar-refractivity contribution in [2.45, 2.75) is 32.6 Å². The van der Waals surface area contributed by atoms with Gasteiger partial charge in [-0.25, -0.2) is 0 Å². The third-order valence-electron chi connectivity index (χ3n) is 3.72. The number of hydrogen-bond acceptors (Lipinski definition) is 3. The number of ether oxygens (including phenoxy) is 1. The Morgan fingerprint density at radius 1 is 1.33 bits per heavy atom. The van der Waals surface area contributed by atoms with Crippen molar-refractivity contribution in [2.75, 3.05) is 6.61 Å².